The van der Waals surface area contributed by atoms with Gasteiger partial charge in [-0.3, -0.25) is 9.78 Å². The Hall–Kier alpha value is -0.550. The van der Waals surface area contributed by atoms with Crippen molar-refractivity contribution in [1.82, 2.24) is 4.98 Å². The van der Waals surface area contributed by atoms with E-state index in [1.807, 2.05) is 0 Å². The lowest BCUT2D eigenvalue weighted by Gasteiger charge is -2.17. The Bertz CT molecular complexity index is 376. The molecule has 1 amide bonds. The average Bonchev–Trinajstić information content (AvgIpc) is 2.18. The highest BCUT2D eigenvalue weighted by Crippen LogP contribution is 2.24. The van der Waals surface area contributed by atoms with Gasteiger partial charge in [0, 0.05) is 17.1 Å². The molecule has 0 aliphatic rings. The van der Waals surface area contributed by atoms with Crippen LogP contribution in [0.25, 0.3) is 0 Å². The minimum atomic E-state index is 0.00632. The Balaban J connectivity index is 2.50. The van der Waals surface area contributed by atoms with Crippen LogP contribution in [0.15, 0.2) is 22.9 Å². The van der Waals surface area contributed by atoms with Crippen molar-refractivity contribution >= 4 is 39.3 Å². The van der Waals surface area contributed by atoms with Crippen molar-refractivity contribution in [1.29, 1.82) is 0 Å². The number of anilines is 1. The van der Waals surface area contributed by atoms with Crippen LogP contribution in [-0.4, -0.2) is 21.4 Å². The molecule has 16 heavy (non-hydrogen) atoms. The van der Waals surface area contributed by atoms with Crippen LogP contribution < -0.4 is 5.32 Å². The maximum atomic E-state index is 11.6. The number of hydrogen-bond donors (Lipinski definition) is 1. The van der Waals surface area contributed by atoms with E-state index in [0.717, 1.165) is 10.2 Å². The molecule has 88 valence electrons. The van der Waals surface area contributed by atoms with Gasteiger partial charge in [-0.15, -0.1) is 11.8 Å². The van der Waals surface area contributed by atoms with Crippen LogP contribution in [0.1, 0.15) is 20.8 Å². The summed E-state index contributed by atoms with van der Waals surface area (Å²) in [6, 6.07) is 1.77. The van der Waals surface area contributed by atoms with E-state index in [2.05, 4.69) is 47.0 Å². The number of pyridine rings is 1. The molecule has 1 aromatic heterocycles. The summed E-state index contributed by atoms with van der Waals surface area (Å²) in [5.74, 6) is 0.463. The molecule has 0 radical (unpaired) electrons. The summed E-state index contributed by atoms with van der Waals surface area (Å²) in [5.41, 5.74) is 0.759. The molecular weight excluding hydrogens is 288 g/mol. The smallest absolute Gasteiger partial charge is 0.234 e. The highest BCUT2D eigenvalue weighted by molar-refractivity contribution is 9.10. The summed E-state index contributed by atoms with van der Waals surface area (Å²) in [6.07, 6.45) is 3.31. The maximum absolute atomic E-state index is 11.6. The van der Waals surface area contributed by atoms with Crippen molar-refractivity contribution in [3.05, 3.63) is 22.9 Å². The second-order valence-electron chi connectivity index (χ2n) is 4.30. The van der Waals surface area contributed by atoms with Gasteiger partial charge >= 0.3 is 0 Å². The van der Waals surface area contributed by atoms with E-state index >= 15 is 0 Å². The minimum absolute atomic E-state index is 0.00632. The Kier molecular flexibility index (Phi) is 4.80. The number of carbonyl (C=O) groups is 1. The molecule has 0 fully saturated rings. The summed E-state index contributed by atoms with van der Waals surface area (Å²) in [4.78, 5) is 15.6. The number of rotatable bonds is 3. The molecule has 0 aromatic carbocycles. The highest BCUT2D eigenvalue weighted by atomic mass is 79.9. The lowest BCUT2D eigenvalue weighted by Crippen LogP contribution is -2.19. The van der Waals surface area contributed by atoms with E-state index in [4.69, 9.17) is 0 Å². The number of nitrogens with one attached hydrogen (secondary N) is 1. The van der Waals surface area contributed by atoms with Gasteiger partial charge < -0.3 is 5.32 Å². The van der Waals surface area contributed by atoms with Gasteiger partial charge in [-0.05, 0) is 22.0 Å². The van der Waals surface area contributed by atoms with Gasteiger partial charge in [-0.25, -0.2) is 0 Å². The Morgan fingerprint density at radius 1 is 1.56 bits per heavy atom. The van der Waals surface area contributed by atoms with Crippen LogP contribution in [-0.2, 0) is 4.79 Å². The number of thioether (sulfide) groups is 1. The zero-order valence-electron chi connectivity index (χ0n) is 9.58. The molecule has 0 unspecified atom stereocenters. The quantitative estimate of drug-likeness (QED) is 0.931. The summed E-state index contributed by atoms with van der Waals surface area (Å²) < 4.78 is 0.899. The van der Waals surface area contributed by atoms with Crippen molar-refractivity contribution < 1.29 is 4.79 Å². The molecule has 0 spiro atoms. The molecule has 1 heterocycles. The predicted molar refractivity (Wildman–Crippen MR) is 72.8 cm³/mol. The van der Waals surface area contributed by atoms with Gasteiger partial charge in [-0.1, -0.05) is 20.8 Å². The molecule has 0 saturated carbocycles. The van der Waals surface area contributed by atoms with E-state index in [0.29, 0.717) is 5.75 Å². The van der Waals surface area contributed by atoms with E-state index < -0.39 is 0 Å². The number of carbonyl (C=O) groups excluding carboxylic acids is 1. The van der Waals surface area contributed by atoms with Crippen LogP contribution in [0.3, 0.4) is 0 Å². The third-order valence-corrected chi connectivity index (χ3v) is 3.59. The molecule has 1 aromatic rings. The zero-order valence-corrected chi connectivity index (χ0v) is 12.0. The third kappa shape index (κ3) is 4.99. The molecule has 1 rings (SSSR count). The molecule has 0 aliphatic heterocycles. The van der Waals surface area contributed by atoms with Crippen molar-refractivity contribution in [2.75, 3.05) is 11.1 Å². The lowest BCUT2D eigenvalue weighted by molar-refractivity contribution is -0.113. The molecule has 3 nitrogen and oxygen atoms in total. The monoisotopic (exact) mass is 302 g/mol. The van der Waals surface area contributed by atoms with Gasteiger partial charge in [0.1, 0.15) is 0 Å². The number of hydrogen-bond acceptors (Lipinski definition) is 3. The first-order valence-corrected chi connectivity index (χ1v) is 6.70. The fourth-order valence-electron chi connectivity index (χ4n) is 0.945. The van der Waals surface area contributed by atoms with Crippen molar-refractivity contribution in [3.63, 3.8) is 0 Å². The van der Waals surface area contributed by atoms with E-state index in [1.165, 1.54) is 0 Å². The van der Waals surface area contributed by atoms with Crippen molar-refractivity contribution in [2.45, 2.75) is 25.5 Å². The topological polar surface area (TPSA) is 42.0 Å². The fourth-order valence-corrected chi connectivity index (χ4v) is 1.93. The van der Waals surface area contributed by atoms with Gasteiger partial charge in [0.25, 0.3) is 0 Å². The first-order chi connectivity index (χ1) is 7.38. The molecule has 1 N–H and O–H groups in total. The SMILES string of the molecule is CC(C)(C)SCC(=O)Nc1ccncc1Br. The molecule has 5 heteroatoms. The van der Waals surface area contributed by atoms with E-state index in [-0.39, 0.29) is 10.7 Å². The first kappa shape index (κ1) is 13.5. The Morgan fingerprint density at radius 3 is 2.81 bits per heavy atom. The summed E-state index contributed by atoms with van der Waals surface area (Å²) in [5, 5.41) is 2.84. The lowest BCUT2D eigenvalue weighted by atomic mass is 10.3. The minimum Gasteiger partial charge on any atom is -0.324 e. The van der Waals surface area contributed by atoms with E-state index in [1.54, 1.807) is 30.2 Å². The fraction of sp³-hybridized carbons (Fsp3) is 0.455. The summed E-state index contributed by atoms with van der Waals surface area (Å²) in [6.45, 7) is 6.27. The number of halogens is 1. The molecule has 0 aliphatic carbocycles. The second kappa shape index (κ2) is 5.68. The first-order valence-electron chi connectivity index (χ1n) is 4.92. The van der Waals surface area contributed by atoms with Gasteiger partial charge in [0.05, 0.1) is 15.9 Å². The van der Waals surface area contributed by atoms with Gasteiger partial charge in [0.2, 0.25) is 5.91 Å². The normalized spacial score (nSPS) is 11.2. The Labute approximate surface area is 109 Å². The number of nitrogens with zero attached hydrogens (tertiary/aromatic N) is 1. The predicted octanol–water partition coefficient (Wildman–Crippen LogP) is 3.31. The number of amides is 1. The zero-order chi connectivity index (χ0) is 12.2. The van der Waals surface area contributed by atoms with Crippen LogP contribution in [0.2, 0.25) is 0 Å². The molecule has 0 saturated heterocycles. The van der Waals surface area contributed by atoms with E-state index in [9.17, 15) is 4.79 Å². The maximum Gasteiger partial charge on any atom is 0.234 e. The van der Waals surface area contributed by atoms with Crippen molar-refractivity contribution in [2.24, 2.45) is 0 Å². The highest BCUT2D eigenvalue weighted by Gasteiger charge is 2.13. The van der Waals surface area contributed by atoms with Gasteiger partial charge in [-0.2, -0.15) is 0 Å². The summed E-state index contributed by atoms with van der Waals surface area (Å²) in [7, 11) is 0. The Morgan fingerprint density at radius 2 is 2.25 bits per heavy atom. The standard InChI is InChI=1S/C11H15BrN2OS/c1-11(2,3)16-7-10(15)14-9-4-5-13-6-8(9)12/h4-6H,7H2,1-3H3,(H,13,14,15). The van der Waals surface area contributed by atoms with Gasteiger partial charge in [0.15, 0.2) is 0 Å². The summed E-state index contributed by atoms with van der Waals surface area (Å²) >= 11 is 4.96. The largest absolute Gasteiger partial charge is 0.324 e. The van der Waals surface area contributed by atoms with Crippen LogP contribution in [0.4, 0.5) is 5.69 Å². The third-order valence-electron chi connectivity index (χ3n) is 1.68. The van der Waals surface area contributed by atoms with Crippen LogP contribution >= 0.6 is 27.7 Å². The molecule has 0 bridgehead atoms. The van der Waals surface area contributed by atoms with Crippen LogP contribution in [0.5, 0.6) is 0 Å². The molecular formula is C11H15BrN2OS. The van der Waals surface area contributed by atoms with Crippen molar-refractivity contribution in [3.8, 4) is 0 Å². The second-order valence-corrected chi connectivity index (χ2v) is 6.96. The molecule has 0 atom stereocenters. The van der Waals surface area contributed by atoms with Crippen LogP contribution in [0, 0.1) is 0 Å². The number of aromatic nitrogens is 1. The average molecular weight is 303 g/mol.